The van der Waals surface area contributed by atoms with Crippen LogP contribution in [0, 0.1) is 94.7 Å². The molecule has 24 atom stereocenters. The van der Waals surface area contributed by atoms with Gasteiger partial charge in [-0.15, -0.1) is 0 Å². The Bertz CT molecular complexity index is 1620. The number of hydrogen-bond acceptors (Lipinski definition) is 10. The van der Waals surface area contributed by atoms with Crippen LogP contribution in [0.5, 0.6) is 0 Å². The Morgan fingerprint density at radius 3 is 0.889 bits per heavy atom. The van der Waals surface area contributed by atoms with Crippen molar-refractivity contribution in [3.63, 3.8) is 0 Å². The van der Waals surface area contributed by atoms with E-state index in [1.54, 1.807) is 51.4 Å². The minimum Gasteiger partial charge on any atom is -0.304 e. The van der Waals surface area contributed by atoms with Gasteiger partial charge in [-0.1, -0.05) is 25.7 Å². The van der Waals surface area contributed by atoms with E-state index in [1.807, 2.05) is 0 Å². The van der Waals surface area contributed by atoms with Crippen molar-refractivity contribution in [2.45, 2.75) is 240 Å². The lowest BCUT2D eigenvalue weighted by Crippen LogP contribution is -2.57. The molecule has 9 saturated carbocycles. The van der Waals surface area contributed by atoms with E-state index in [4.69, 9.17) is 0 Å². The molecule has 10 heteroatoms. The van der Waals surface area contributed by atoms with E-state index in [2.05, 4.69) is 52.3 Å². The van der Waals surface area contributed by atoms with Gasteiger partial charge in [0.05, 0.1) is 0 Å². The van der Waals surface area contributed by atoms with E-state index in [9.17, 15) is 0 Å². The van der Waals surface area contributed by atoms with Gasteiger partial charge < -0.3 is 42.5 Å². The lowest BCUT2D eigenvalue weighted by Gasteiger charge is -2.53. The summed E-state index contributed by atoms with van der Waals surface area (Å²) in [5, 5.41) is 30.8. The number of nitrogens with zero attached hydrogens (tertiary/aromatic N) is 2. The molecule has 10 nitrogen and oxygen atoms in total. The van der Waals surface area contributed by atoms with E-state index in [0.29, 0.717) is 0 Å². The van der Waals surface area contributed by atoms with Crippen molar-refractivity contribution in [3.8, 4) is 0 Å². The van der Waals surface area contributed by atoms with Gasteiger partial charge in [0, 0.05) is 113 Å². The van der Waals surface area contributed by atoms with Crippen LogP contribution in [0.1, 0.15) is 180 Å². The van der Waals surface area contributed by atoms with Crippen LogP contribution in [0.15, 0.2) is 0 Å². The number of rotatable bonds is 6. The molecule has 15 aliphatic rings. The quantitative estimate of drug-likeness (QED) is 0.135. The summed E-state index contributed by atoms with van der Waals surface area (Å²) in [5.41, 5.74) is 0. The molecule has 0 radical (unpaired) electrons. The fourth-order valence-electron chi connectivity index (χ4n) is 24.1. The third kappa shape index (κ3) is 9.02. The van der Waals surface area contributed by atoms with Crippen LogP contribution in [-0.2, 0) is 0 Å². The standard InChI is InChI=1S/C62H106N10/c1-3-7-57-51(5-1)61-59(71(57)49-25-41(37-9-13-53-45(19-37)29-63-33-67-53)23-42(26-49)38-10-14-54-46(20-38)30-64-34-68-54)17-18-60-62(61)52-6-2-4-8-58(52)72(60)50-27-43(39-11-15-55-47(21-39)31-65-35-69-55)24-44(28-50)40-12-16-56-48(22-40)32-66-36-70-56/h37-70H,1-36H2. The van der Waals surface area contributed by atoms with Crippen molar-refractivity contribution in [2.75, 3.05) is 52.9 Å². The highest BCUT2D eigenvalue weighted by atomic mass is 15.3. The van der Waals surface area contributed by atoms with Crippen LogP contribution in [0.3, 0.4) is 0 Å². The summed E-state index contributed by atoms with van der Waals surface area (Å²) in [6.07, 6.45) is 42.4. The molecular weight excluding hydrogens is 885 g/mol. The number of fused-ring (bicyclic) bond motifs is 11. The normalized spacial score (nSPS) is 55.2. The zero-order chi connectivity index (χ0) is 47.3. The molecule has 0 aromatic rings. The summed E-state index contributed by atoms with van der Waals surface area (Å²) in [4.78, 5) is 7.05. The molecule has 24 unspecified atom stereocenters. The summed E-state index contributed by atoms with van der Waals surface area (Å²) in [5.74, 6) is 15.0. The van der Waals surface area contributed by atoms with E-state index in [0.717, 1.165) is 182 Å². The highest BCUT2D eigenvalue weighted by Crippen LogP contribution is 2.63. The smallest absolute Gasteiger partial charge is 0.0456 e. The van der Waals surface area contributed by atoms with E-state index >= 15 is 0 Å². The first-order valence-electron chi connectivity index (χ1n) is 33.0. The van der Waals surface area contributed by atoms with Gasteiger partial charge >= 0.3 is 0 Å². The van der Waals surface area contributed by atoms with Crippen LogP contribution in [0.4, 0.5) is 0 Å². The lowest BCUT2D eigenvalue weighted by atomic mass is 9.60. The SMILES string of the molecule is C1CCC2C(C1)C1C3C4CCCCC4N(C4CC(C5CCC6NCNCC6C5)CC(C5CCC6NCNCC6C5)C4)C3CCC1N2C1CC(C2CCC3NCNCC3C2)CC(C2CCC3NCNCC3C2)C1. The molecule has 15 rings (SSSR count). The Kier molecular flexibility index (Phi) is 14.2. The first kappa shape index (κ1) is 48.7. The van der Waals surface area contributed by atoms with Crippen LogP contribution in [0.2, 0.25) is 0 Å². The van der Waals surface area contributed by atoms with Gasteiger partial charge in [-0.3, -0.25) is 9.80 Å². The summed E-state index contributed by atoms with van der Waals surface area (Å²) in [6.45, 7) is 9.17. The average Bonchev–Trinajstić information content (AvgIpc) is 3.97. The number of likely N-dealkylation sites (tertiary alicyclic amines) is 2. The second-order valence-electron chi connectivity index (χ2n) is 29.7. The molecule has 404 valence electrons. The third-order valence-corrected chi connectivity index (χ3v) is 26.9. The minimum absolute atomic E-state index is 0.773. The molecule has 72 heavy (non-hydrogen) atoms. The van der Waals surface area contributed by atoms with Crippen LogP contribution in [0.25, 0.3) is 0 Å². The second-order valence-corrected chi connectivity index (χ2v) is 29.7. The van der Waals surface area contributed by atoms with Crippen molar-refractivity contribution in [2.24, 2.45) is 94.7 Å². The molecule has 8 N–H and O–H groups in total. The van der Waals surface area contributed by atoms with Crippen molar-refractivity contribution in [1.82, 2.24) is 52.3 Å². The summed E-state index contributed by atoms with van der Waals surface area (Å²) in [6, 6.07) is 8.32. The second kappa shape index (κ2) is 21.0. The van der Waals surface area contributed by atoms with Gasteiger partial charge in [0.1, 0.15) is 0 Å². The zero-order valence-electron chi connectivity index (χ0n) is 45.4. The minimum atomic E-state index is 0.773. The summed E-state index contributed by atoms with van der Waals surface area (Å²) < 4.78 is 0. The molecule has 6 saturated heterocycles. The van der Waals surface area contributed by atoms with Gasteiger partial charge in [-0.2, -0.15) is 0 Å². The third-order valence-electron chi connectivity index (χ3n) is 26.9. The Morgan fingerprint density at radius 2 is 0.556 bits per heavy atom. The highest BCUT2D eigenvalue weighted by molar-refractivity contribution is 5.17. The van der Waals surface area contributed by atoms with Crippen molar-refractivity contribution >= 4 is 0 Å². The topological polar surface area (TPSA) is 103 Å². The molecule has 6 heterocycles. The molecule has 15 fully saturated rings. The fourth-order valence-corrected chi connectivity index (χ4v) is 24.1. The fraction of sp³-hybridized carbons (Fsp3) is 1.00. The van der Waals surface area contributed by atoms with E-state index in [-0.39, 0.29) is 0 Å². The average molecular weight is 992 g/mol. The molecule has 9 aliphatic carbocycles. The Hall–Kier alpha value is -0.400. The Labute approximate surface area is 438 Å². The van der Waals surface area contributed by atoms with E-state index in [1.165, 1.54) is 155 Å². The molecular formula is C62H106N10. The molecule has 0 aromatic carbocycles. The first-order valence-corrected chi connectivity index (χ1v) is 33.0. The van der Waals surface area contributed by atoms with Gasteiger partial charge in [-0.05, 0) is 249 Å². The highest BCUT2D eigenvalue weighted by Gasteiger charge is 2.64. The molecule has 6 aliphatic heterocycles. The maximum atomic E-state index is 3.92. The largest absolute Gasteiger partial charge is 0.304 e. The van der Waals surface area contributed by atoms with Gasteiger partial charge in [0.25, 0.3) is 0 Å². The van der Waals surface area contributed by atoms with Crippen LogP contribution >= 0.6 is 0 Å². The predicted molar refractivity (Wildman–Crippen MR) is 291 cm³/mol. The van der Waals surface area contributed by atoms with Gasteiger partial charge in [0.2, 0.25) is 0 Å². The van der Waals surface area contributed by atoms with Crippen molar-refractivity contribution in [3.05, 3.63) is 0 Å². The van der Waals surface area contributed by atoms with Crippen molar-refractivity contribution in [1.29, 1.82) is 0 Å². The van der Waals surface area contributed by atoms with Gasteiger partial charge in [-0.25, -0.2) is 0 Å². The maximum Gasteiger partial charge on any atom is 0.0456 e. The molecule has 0 spiro atoms. The van der Waals surface area contributed by atoms with Crippen LogP contribution < -0.4 is 42.5 Å². The zero-order valence-corrected chi connectivity index (χ0v) is 45.4. The van der Waals surface area contributed by atoms with Gasteiger partial charge in [0.15, 0.2) is 0 Å². The Morgan fingerprint density at radius 1 is 0.250 bits per heavy atom. The maximum absolute atomic E-state index is 3.92. The molecule has 0 amide bonds. The number of nitrogens with one attached hydrogen (secondary N) is 8. The number of hydrogen-bond donors (Lipinski definition) is 8. The van der Waals surface area contributed by atoms with Crippen molar-refractivity contribution < 1.29 is 0 Å². The summed E-state index contributed by atoms with van der Waals surface area (Å²) >= 11 is 0. The molecule has 0 bridgehead atoms. The first-order chi connectivity index (χ1) is 35.6. The lowest BCUT2D eigenvalue weighted by molar-refractivity contribution is -0.0291. The van der Waals surface area contributed by atoms with E-state index < -0.39 is 0 Å². The van der Waals surface area contributed by atoms with Crippen LogP contribution in [-0.4, -0.2) is 123 Å². The predicted octanol–water partition coefficient (Wildman–Crippen LogP) is 7.81. The Balaban J connectivity index is 0.723. The molecule has 0 aromatic heterocycles. The summed E-state index contributed by atoms with van der Waals surface area (Å²) in [7, 11) is 0. The monoisotopic (exact) mass is 991 g/mol.